The number of hydrogen-bond donors (Lipinski definition) is 1. The summed E-state index contributed by atoms with van der Waals surface area (Å²) in [4.78, 5) is 38.8. The minimum absolute atomic E-state index is 0.0942. The number of hydrogen-bond acceptors (Lipinski definition) is 6. The van der Waals surface area contributed by atoms with Crippen LogP contribution in [0.4, 0.5) is 5.00 Å². The molecule has 4 rings (SSSR count). The van der Waals surface area contributed by atoms with Crippen LogP contribution >= 0.6 is 11.3 Å². The van der Waals surface area contributed by atoms with Crippen LogP contribution in [-0.2, 0) is 17.6 Å². The number of amides is 1. The standard InChI is InChI=1S/C22H21NO5S/c1-3-27-22(26)19-14-9-8-12(2)10-18(14)29-21(19)23-20(25)17-11-15(24)13-6-4-5-7-16(13)28-17/h4-7,11-12H,3,8-10H2,1-2H3,(H,23,25)/t12-/m0/s1. The van der Waals surface area contributed by atoms with Gasteiger partial charge in [-0.1, -0.05) is 19.1 Å². The zero-order valence-electron chi connectivity index (χ0n) is 16.2. The number of rotatable bonds is 4. The summed E-state index contributed by atoms with van der Waals surface area (Å²) in [5.41, 5.74) is 1.44. The first kappa shape index (κ1) is 19.4. The fraction of sp³-hybridized carbons (Fsp3) is 0.318. The summed E-state index contributed by atoms with van der Waals surface area (Å²) in [6.45, 7) is 4.18. The summed E-state index contributed by atoms with van der Waals surface area (Å²) < 4.78 is 10.8. The number of carbonyl (C=O) groups excluding carboxylic acids is 2. The summed E-state index contributed by atoms with van der Waals surface area (Å²) in [6.07, 6.45) is 2.64. The Kier molecular flexibility index (Phi) is 5.24. The van der Waals surface area contributed by atoms with Crippen molar-refractivity contribution in [3.8, 4) is 0 Å². The largest absolute Gasteiger partial charge is 0.462 e. The van der Waals surface area contributed by atoms with Gasteiger partial charge in [0.15, 0.2) is 11.2 Å². The van der Waals surface area contributed by atoms with Crippen LogP contribution in [0.2, 0.25) is 0 Å². The first-order valence-electron chi connectivity index (χ1n) is 9.63. The first-order chi connectivity index (χ1) is 14.0. The maximum absolute atomic E-state index is 12.8. The van der Waals surface area contributed by atoms with Crippen LogP contribution in [0.15, 0.2) is 39.5 Å². The lowest BCUT2D eigenvalue weighted by Gasteiger charge is -2.18. The van der Waals surface area contributed by atoms with E-state index in [2.05, 4.69) is 12.2 Å². The third kappa shape index (κ3) is 3.70. The van der Waals surface area contributed by atoms with Gasteiger partial charge in [0.25, 0.3) is 5.91 Å². The van der Waals surface area contributed by atoms with Crippen molar-refractivity contribution in [2.24, 2.45) is 5.92 Å². The molecule has 1 aromatic carbocycles. The van der Waals surface area contributed by atoms with E-state index < -0.39 is 11.9 Å². The molecule has 1 amide bonds. The van der Waals surface area contributed by atoms with Crippen molar-refractivity contribution in [2.75, 3.05) is 11.9 Å². The number of esters is 1. The Labute approximate surface area is 171 Å². The summed E-state index contributed by atoms with van der Waals surface area (Å²) in [6, 6.07) is 7.94. The Bertz CT molecular complexity index is 1160. The molecule has 29 heavy (non-hydrogen) atoms. The van der Waals surface area contributed by atoms with Gasteiger partial charge >= 0.3 is 5.97 Å². The molecule has 0 fully saturated rings. The van der Waals surface area contributed by atoms with Crippen LogP contribution in [0.25, 0.3) is 11.0 Å². The minimum Gasteiger partial charge on any atom is -0.462 e. The Balaban J connectivity index is 1.71. The smallest absolute Gasteiger partial charge is 0.341 e. The average Bonchev–Trinajstić information content (AvgIpc) is 3.05. The normalized spacial score (nSPS) is 15.7. The first-order valence-corrected chi connectivity index (χ1v) is 10.5. The predicted molar refractivity (Wildman–Crippen MR) is 112 cm³/mol. The van der Waals surface area contributed by atoms with Crippen LogP contribution in [-0.4, -0.2) is 18.5 Å². The second-order valence-electron chi connectivity index (χ2n) is 7.20. The summed E-state index contributed by atoms with van der Waals surface area (Å²) >= 11 is 1.40. The van der Waals surface area contributed by atoms with Gasteiger partial charge in [-0.15, -0.1) is 11.3 Å². The van der Waals surface area contributed by atoms with Crippen molar-refractivity contribution in [3.05, 3.63) is 62.3 Å². The lowest BCUT2D eigenvalue weighted by atomic mass is 9.88. The van der Waals surface area contributed by atoms with Crippen molar-refractivity contribution in [2.45, 2.75) is 33.1 Å². The van der Waals surface area contributed by atoms with E-state index in [0.717, 1.165) is 29.7 Å². The molecule has 2 aromatic heterocycles. The molecule has 2 heterocycles. The quantitative estimate of drug-likeness (QED) is 0.643. The Morgan fingerprint density at radius 2 is 2.10 bits per heavy atom. The third-order valence-electron chi connectivity index (χ3n) is 5.08. The van der Waals surface area contributed by atoms with E-state index in [-0.39, 0.29) is 17.8 Å². The van der Waals surface area contributed by atoms with Crippen LogP contribution in [0.1, 0.15) is 51.6 Å². The molecule has 0 aliphatic heterocycles. The van der Waals surface area contributed by atoms with E-state index in [1.165, 1.54) is 17.4 Å². The average molecular weight is 411 g/mol. The molecule has 3 aromatic rings. The molecule has 6 nitrogen and oxygen atoms in total. The van der Waals surface area contributed by atoms with Gasteiger partial charge in [-0.05, 0) is 49.8 Å². The Morgan fingerprint density at radius 3 is 2.90 bits per heavy atom. The van der Waals surface area contributed by atoms with Gasteiger partial charge < -0.3 is 14.5 Å². The summed E-state index contributed by atoms with van der Waals surface area (Å²) in [5, 5.41) is 3.64. The Morgan fingerprint density at radius 1 is 1.31 bits per heavy atom. The fourth-order valence-electron chi connectivity index (χ4n) is 3.64. The molecule has 1 aliphatic rings. The lowest BCUT2D eigenvalue weighted by Crippen LogP contribution is -2.17. The molecular weight excluding hydrogens is 390 g/mol. The predicted octanol–water partition coefficient (Wildman–Crippen LogP) is 4.41. The van der Waals surface area contributed by atoms with Gasteiger partial charge in [-0.3, -0.25) is 9.59 Å². The lowest BCUT2D eigenvalue weighted by molar-refractivity contribution is 0.0526. The van der Waals surface area contributed by atoms with Crippen LogP contribution in [0, 0.1) is 5.92 Å². The maximum atomic E-state index is 12.8. The van der Waals surface area contributed by atoms with E-state index in [0.29, 0.717) is 27.5 Å². The van der Waals surface area contributed by atoms with E-state index >= 15 is 0 Å². The molecule has 0 saturated heterocycles. The van der Waals surface area contributed by atoms with Gasteiger partial charge in [0, 0.05) is 10.9 Å². The Hall–Kier alpha value is -2.93. The number of ether oxygens (including phenoxy) is 1. The molecule has 1 N–H and O–H groups in total. The highest BCUT2D eigenvalue weighted by atomic mass is 32.1. The molecular formula is C22H21NO5S. The number of nitrogens with one attached hydrogen (secondary N) is 1. The van der Waals surface area contributed by atoms with Crippen LogP contribution in [0.5, 0.6) is 0 Å². The minimum atomic E-state index is -0.565. The zero-order chi connectivity index (χ0) is 20.5. The molecule has 1 aliphatic carbocycles. The zero-order valence-corrected chi connectivity index (χ0v) is 17.1. The number of para-hydroxylation sites is 1. The number of benzene rings is 1. The molecule has 7 heteroatoms. The monoisotopic (exact) mass is 411 g/mol. The molecule has 0 spiro atoms. The molecule has 0 bridgehead atoms. The van der Waals surface area contributed by atoms with Gasteiger partial charge in [0.05, 0.1) is 17.6 Å². The molecule has 0 unspecified atom stereocenters. The van der Waals surface area contributed by atoms with Crippen LogP contribution in [0.3, 0.4) is 0 Å². The van der Waals surface area contributed by atoms with Gasteiger partial charge in [0.1, 0.15) is 10.6 Å². The van der Waals surface area contributed by atoms with E-state index in [1.807, 2.05) is 0 Å². The molecule has 1 atom stereocenters. The highest BCUT2D eigenvalue weighted by molar-refractivity contribution is 7.17. The fourth-order valence-corrected chi connectivity index (χ4v) is 5.03. The second-order valence-corrected chi connectivity index (χ2v) is 8.31. The third-order valence-corrected chi connectivity index (χ3v) is 6.25. The molecule has 0 radical (unpaired) electrons. The number of anilines is 1. The van der Waals surface area contributed by atoms with Crippen LogP contribution < -0.4 is 10.7 Å². The summed E-state index contributed by atoms with van der Waals surface area (Å²) in [5.74, 6) is -0.568. The SMILES string of the molecule is CCOC(=O)c1c(NC(=O)c2cc(=O)c3ccccc3o2)sc2c1CC[C@H](C)C2. The van der Waals surface area contributed by atoms with Crippen molar-refractivity contribution in [3.63, 3.8) is 0 Å². The topological polar surface area (TPSA) is 85.6 Å². The highest BCUT2D eigenvalue weighted by Gasteiger charge is 2.29. The number of thiophene rings is 1. The number of carbonyl (C=O) groups is 2. The van der Waals surface area contributed by atoms with E-state index in [9.17, 15) is 14.4 Å². The van der Waals surface area contributed by atoms with Gasteiger partial charge in [-0.2, -0.15) is 0 Å². The van der Waals surface area contributed by atoms with Gasteiger partial charge in [-0.25, -0.2) is 4.79 Å². The second kappa shape index (κ2) is 7.83. The van der Waals surface area contributed by atoms with Crippen molar-refractivity contribution in [1.29, 1.82) is 0 Å². The van der Waals surface area contributed by atoms with Crippen molar-refractivity contribution < 1.29 is 18.7 Å². The number of fused-ring (bicyclic) bond motifs is 2. The molecule has 0 saturated carbocycles. The maximum Gasteiger partial charge on any atom is 0.341 e. The van der Waals surface area contributed by atoms with E-state index in [4.69, 9.17) is 9.15 Å². The van der Waals surface area contributed by atoms with Crippen molar-refractivity contribution >= 4 is 39.2 Å². The summed E-state index contributed by atoms with van der Waals surface area (Å²) in [7, 11) is 0. The van der Waals surface area contributed by atoms with Gasteiger partial charge in [0.2, 0.25) is 0 Å². The highest BCUT2D eigenvalue weighted by Crippen LogP contribution is 2.40. The van der Waals surface area contributed by atoms with E-state index in [1.54, 1.807) is 31.2 Å². The van der Waals surface area contributed by atoms with Crippen molar-refractivity contribution in [1.82, 2.24) is 0 Å². The molecule has 150 valence electrons.